The van der Waals surface area contributed by atoms with Crippen molar-refractivity contribution in [2.24, 2.45) is 0 Å². The summed E-state index contributed by atoms with van der Waals surface area (Å²) in [6.07, 6.45) is 7.76. The van der Waals surface area contributed by atoms with Crippen LogP contribution in [-0.4, -0.2) is 14.5 Å². The molecule has 0 aliphatic heterocycles. The van der Waals surface area contributed by atoms with E-state index >= 15 is 0 Å². The van der Waals surface area contributed by atoms with E-state index in [-0.39, 0.29) is 5.41 Å². The van der Waals surface area contributed by atoms with E-state index in [0.717, 1.165) is 33.6 Å². The molecule has 7 aromatic rings. The van der Waals surface area contributed by atoms with Gasteiger partial charge >= 0.3 is 0 Å². The highest BCUT2D eigenvalue weighted by molar-refractivity contribution is 6.10. The van der Waals surface area contributed by atoms with E-state index in [4.69, 9.17) is 9.97 Å². The number of hydrogen-bond donors (Lipinski definition) is 0. The highest BCUT2D eigenvalue weighted by Gasteiger charge is 2.35. The number of fused-ring (bicyclic) bond motifs is 6. The molecule has 2 aromatic heterocycles. The third-order valence-electron chi connectivity index (χ3n) is 9.57. The minimum atomic E-state index is -0.00947. The van der Waals surface area contributed by atoms with Gasteiger partial charge in [-0.1, -0.05) is 136 Å². The molecule has 226 valence electrons. The van der Waals surface area contributed by atoms with Crippen LogP contribution < -0.4 is 0 Å². The van der Waals surface area contributed by atoms with E-state index in [1.807, 2.05) is 30.4 Å². The number of benzene rings is 5. The lowest BCUT2D eigenvalue weighted by atomic mass is 9.82. The number of aromatic nitrogens is 3. The molecule has 3 heteroatoms. The molecule has 0 amide bonds. The summed E-state index contributed by atoms with van der Waals surface area (Å²) in [7, 11) is 0. The van der Waals surface area contributed by atoms with Gasteiger partial charge < -0.3 is 0 Å². The van der Waals surface area contributed by atoms with Crippen LogP contribution in [0.4, 0.5) is 0 Å². The zero-order chi connectivity index (χ0) is 32.1. The molecule has 8 rings (SSSR count). The SMILES string of the molecule is C=C/C=C\C=C(/C)c1cc(-c2ccccc2)nc(-n2c3ccccc3c3cc(-c4ccc5c(c4)-c4ccccc4C5(C)C)ccc32)n1. The average molecular weight is 606 g/mol. The molecule has 3 nitrogen and oxygen atoms in total. The third-order valence-corrected chi connectivity index (χ3v) is 9.57. The fourth-order valence-electron chi connectivity index (χ4n) is 7.12. The predicted octanol–water partition coefficient (Wildman–Crippen LogP) is 11.4. The zero-order valence-corrected chi connectivity index (χ0v) is 26.9. The summed E-state index contributed by atoms with van der Waals surface area (Å²) >= 11 is 0. The van der Waals surface area contributed by atoms with Crippen LogP contribution in [-0.2, 0) is 5.41 Å². The molecule has 0 N–H and O–H groups in total. The average Bonchev–Trinajstić information content (AvgIpc) is 3.56. The first-order valence-electron chi connectivity index (χ1n) is 16.1. The number of para-hydroxylation sites is 1. The van der Waals surface area contributed by atoms with Gasteiger partial charge in [-0.15, -0.1) is 0 Å². The molecule has 0 fully saturated rings. The molecule has 47 heavy (non-hydrogen) atoms. The van der Waals surface area contributed by atoms with Gasteiger partial charge in [0.25, 0.3) is 0 Å². The first kappa shape index (κ1) is 28.7. The summed E-state index contributed by atoms with van der Waals surface area (Å²) in [4.78, 5) is 10.3. The van der Waals surface area contributed by atoms with Crippen LogP contribution in [0.3, 0.4) is 0 Å². The summed E-state index contributed by atoms with van der Waals surface area (Å²) in [6.45, 7) is 10.5. The lowest BCUT2D eigenvalue weighted by Crippen LogP contribution is -2.14. The lowest BCUT2D eigenvalue weighted by Gasteiger charge is -2.21. The van der Waals surface area contributed by atoms with Gasteiger partial charge in [-0.05, 0) is 76.2 Å². The van der Waals surface area contributed by atoms with E-state index in [9.17, 15) is 0 Å². The first-order chi connectivity index (χ1) is 22.9. The topological polar surface area (TPSA) is 30.7 Å². The molecule has 2 heterocycles. The van der Waals surface area contributed by atoms with Gasteiger partial charge in [0.15, 0.2) is 0 Å². The molecular weight excluding hydrogens is 571 g/mol. The van der Waals surface area contributed by atoms with Crippen molar-refractivity contribution in [3.63, 3.8) is 0 Å². The molecule has 0 saturated heterocycles. The van der Waals surface area contributed by atoms with Crippen LogP contribution >= 0.6 is 0 Å². The zero-order valence-electron chi connectivity index (χ0n) is 26.9. The van der Waals surface area contributed by atoms with Gasteiger partial charge in [0.2, 0.25) is 5.95 Å². The maximum absolute atomic E-state index is 5.17. The van der Waals surface area contributed by atoms with Crippen molar-refractivity contribution in [2.75, 3.05) is 0 Å². The minimum absolute atomic E-state index is 0.00947. The second-order valence-corrected chi connectivity index (χ2v) is 12.8. The Morgan fingerprint density at radius 3 is 2.19 bits per heavy atom. The molecule has 0 saturated carbocycles. The van der Waals surface area contributed by atoms with Crippen molar-refractivity contribution in [3.05, 3.63) is 169 Å². The fourth-order valence-corrected chi connectivity index (χ4v) is 7.12. The number of rotatable bonds is 6. The van der Waals surface area contributed by atoms with Crippen LogP contribution in [0, 0.1) is 0 Å². The maximum atomic E-state index is 5.17. The van der Waals surface area contributed by atoms with Crippen LogP contribution in [0.25, 0.3) is 66.8 Å². The number of nitrogens with zero attached hydrogens (tertiary/aromatic N) is 3. The molecule has 0 bridgehead atoms. The largest absolute Gasteiger partial charge is 0.278 e. The molecule has 0 spiro atoms. The van der Waals surface area contributed by atoms with E-state index in [0.29, 0.717) is 5.95 Å². The standard InChI is InChI=1S/C44H35N3/c1-5-6-8-15-29(2)39-28-40(30-16-9-7-10-17-30)46-43(45-39)47-41-21-14-12-19-34(41)36-27-32(23-25-42(36)47)31-22-24-38-35(26-31)33-18-11-13-20-37(33)44(38,3)4/h5-28H,1H2,2-4H3/b8-6-,29-15+. The lowest BCUT2D eigenvalue weighted by molar-refractivity contribution is 0.660. The van der Waals surface area contributed by atoms with Gasteiger partial charge in [0, 0.05) is 21.8 Å². The predicted molar refractivity (Wildman–Crippen MR) is 198 cm³/mol. The molecular formula is C44H35N3. The normalized spacial score (nSPS) is 13.7. The maximum Gasteiger partial charge on any atom is 0.235 e. The molecule has 0 atom stereocenters. The summed E-state index contributed by atoms with van der Waals surface area (Å²) < 4.78 is 2.21. The summed E-state index contributed by atoms with van der Waals surface area (Å²) in [6, 6.07) is 43.5. The van der Waals surface area contributed by atoms with Crippen LogP contribution in [0.5, 0.6) is 0 Å². The van der Waals surface area contributed by atoms with Crippen molar-refractivity contribution in [1.29, 1.82) is 0 Å². The van der Waals surface area contributed by atoms with Gasteiger partial charge in [-0.2, -0.15) is 0 Å². The monoisotopic (exact) mass is 605 g/mol. The summed E-state index contributed by atoms with van der Waals surface area (Å²) in [5.74, 6) is 0.650. The Balaban J connectivity index is 1.32. The Hall–Kier alpha value is -5.80. The van der Waals surface area contributed by atoms with Crippen LogP contribution in [0.1, 0.15) is 37.6 Å². The van der Waals surface area contributed by atoms with Crippen LogP contribution in [0.2, 0.25) is 0 Å². The van der Waals surface area contributed by atoms with Gasteiger partial charge in [-0.3, -0.25) is 4.57 Å². The van der Waals surface area contributed by atoms with E-state index in [1.165, 1.54) is 44.2 Å². The van der Waals surface area contributed by atoms with Crippen molar-refractivity contribution < 1.29 is 0 Å². The summed E-state index contributed by atoms with van der Waals surface area (Å²) in [5.41, 5.74) is 13.9. The van der Waals surface area contributed by atoms with Gasteiger partial charge in [0.1, 0.15) is 0 Å². The quantitative estimate of drug-likeness (QED) is 0.177. The van der Waals surface area contributed by atoms with Gasteiger partial charge in [0.05, 0.1) is 22.4 Å². The second kappa shape index (κ2) is 11.2. The van der Waals surface area contributed by atoms with E-state index < -0.39 is 0 Å². The van der Waals surface area contributed by atoms with Crippen LogP contribution in [0.15, 0.2) is 152 Å². The van der Waals surface area contributed by atoms with Crippen molar-refractivity contribution in [3.8, 4) is 39.5 Å². The molecule has 1 aliphatic carbocycles. The first-order valence-corrected chi connectivity index (χ1v) is 16.1. The molecule has 5 aromatic carbocycles. The smallest absolute Gasteiger partial charge is 0.235 e. The Morgan fingerprint density at radius 2 is 1.34 bits per heavy atom. The molecule has 1 aliphatic rings. The third kappa shape index (κ3) is 4.74. The van der Waals surface area contributed by atoms with Crippen molar-refractivity contribution in [2.45, 2.75) is 26.2 Å². The highest BCUT2D eigenvalue weighted by atomic mass is 15.2. The van der Waals surface area contributed by atoms with Gasteiger partial charge in [-0.25, -0.2) is 9.97 Å². The second-order valence-electron chi connectivity index (χ2n) is 12.8. The summed E-state index contributed by atoms with van der Waals surface area (Å²) in [5, 5.41) is 2.35. The Morgan fingerprint density at radius 1 is 0.638 bits per heavy atom. The van der Waals surface area contributed by atoms with E-state index in [1.54, 1.807) is 6.08 Å². The number of hydrogen-bond acceptors (Lipinski definition) is 2. The Kier molecular flexibility index (Phi) is 6.84. The van der Waals surface area contributed by atoms with Crippen molar-refractivity contribution in [1.82, 2.24) is 14.5 Å². The highest BCUT2D eigenvalue weighted by Crippen LogP contribution is 2.49. The number of allylic oxidation sites excluding steroid dienone is 5. The Labute approximate surface area is 275 Å². The molecule has 0 radical (unpaired) electrons. The minimum Gasteiger partial charge on any atom is -0.278 e. The van der Waals surface area contributed by atoms with E-state index in [2.05, 4.69) is 141 Å². The fraction of sp³-hybridized carbons (Fsp3) is 0.0909. The Bertz CT molecular complexity index is 2400. The van der Waals surface area contributed by atoms with Crippen molar-refractivity contribution >= 4 is 27.4 Å². The molecule has 0 unspecified atom stereocenters.